The molecule has 6 aromatic carbocycles. The largest absolute Gasteiger partial charge is 0.309 e. The molecule has 0 N–H and O–H groups in total. The molecule has 2 aromatic heterocycles. The first-order valence-corrected chi connectivity index (χ1v) is 15.1. The van der Waals surface area contributed by atoms with Crippen molar-refractivity contribution in [3.05, 3.63) is 139 Å². The summed E-state index contributed by atoms with van der Waals surface area (Å²) in [6.45, 7) is 4.74. The van der Waals surface area contributed by atoms with E-state index in [2.05, 4.69) is 146 Å². The standard InChI is InChI=1S/C39H27NS/c1-39(2)33-17-9-6-14-26(33)30-22-31-27-15-7-10-18-35(27)40(36(31)23-34(30)39)25-20-29(24-12-4-3-5-13-24)38-32(21-25)28-16-8-11-19-37(28)41-38/h3-23H,1-2H3. The third kappa shape index (κ3) is 3.11. The van der Waals surface area contributed by atoms with Crippen LogP contribution in [0, 0.1) is 0 Å². The van der Waals surface area contributed by atoms with Crippen LogP contribution in [0.3, 0.4) is 0 Å². The lowest BCUT2D eigenvalue weighted by Gasteiger charge is -2.21. The number of fused-ring (bicyclic) bond motifs is 9. The molecule has 8 aromatic rings. The van der Waals surface area contributed by atoms with E-state index in [1.165, 1.54) is 81.0 Å². The zero-order chi connectivity index (χ0) is 27.3. The molecule has 0 saturated heterocycles. The quantitative estimate of drug-likeness (QED) is 0.205. The molecule has 0 saturated carbocycles. The van der Waals surface area contributed by atoms with Gasteiger partial charge < -0.3 is 4.57 Å². The Kier molecular flexibility index (Phi) is 4.61. The molecule has 2 heteroatoms. The van der Waals surface area contributed by atoms with Gasteiger partial charge in [-0.2, -0.15) is 0 Å². The lowest BCUT2D eigenvalue weighted by Crippen LogP contribution is -2.14. The number of para-hydroxylation sites is 1. The fourth-order valence-corrected chi connectivity index (χ4v) is 8.43. The lowest BCUT2D eigenvalue weighted by molar-refractivity contribution is 0.661. The zero-order valence-corrected chi connectivity index (χ0v) is 23.8. The van der Waals surface area contributed by atoms with Gasteiger partial charge in [0.25, 0.3) is 0 Å². The first kappa shape index (κ1) is 23.1. The molecule has 1 aliphatic carbocycles. The molecule has 1 aliphatic rings. The van der Waals surface area contributed by atoms with Crippen molar-refractivity contribution in [1.29, 1.82) is 0 Å². The SMILES string of the molecule is CC1(C)c2ccccc2-c2cc3c4ccccc4n(-c4cc(-c5ccccc5)c5sc6ccccc6c5c4)c3cc21. The van der Waals surface area contributed by atoms with Crippen LogP contribution < -0.4 is 0 Å². The Bertz CT molecular complexity index is 2330. The molecule has 0 amide bonds. The molecule has 0 radical (unpaired) electrons. The summed E-state index contributed by atoms with van der Waals surface area (Å²) in [4.78, 5) is 0. The number of thiophene rings is 1. The number of hydrogen-bond acceptors (Lipinski definition) is 1. The van der Waals surface area contributed by atoms with Crippen molar-refractivity contribution in [2.45, 2.75) is 19.3 Å². The fraction of sp³-hybridized carbons (Fsp3) is 0.0769. The second-order valence-corrected chi connectivity index (χ2v) is 12.8. The summed E-state index contributed by atoms with van der Waals surface area (Å²) < 4.78 is 5.18. The fourth-order valence-electron chi connectivity index (χ4n) is 7.21. The van der Waals surface area contributed by atoms with Gasteiger partial charge in [-0.15, -0.1) is 11.3 Å². The van der Waals surface area contributed by atoms with E-state index in [1.807, 2.05) is 11.3 Å². The average molecular weight is 542 g/mol. The van der Waals surface area contributed by atoms with Crippen molar-refractivity contribution < 1.29 is 0 Å². The summed E-state index contributed by atoms with van der Waals surface area (Å²) in [5, 5.41) is 5.25. The third-order valence-electron chi connectivity index (χ3n) is 9.18. The minimum absolute atomic E-state index is 0.0515. The molecule has 0 spiro atoms. The van der Waals surface area contributed by atoms with E-state index in [9.17, 15) is 0 Å². The summed E-state index contributed by atoms with van der Waals surface area (Å²) in [6, 6.07) is 47.3. The molecule has 0 fully saturated rings. The minimum Gasteiger partial charge on any atom is -0.309 e. The monoisotopic (exact) mass is 541 g/mol. The van der Waals surface area contributed by atoms with Gasteiger partial charge in [0, 0.05) is 47.6 Å². The van der Waals surface area contributed by atoms with E-state index in [0.29, 0.717) is 0 Å². The van der Waals surface area contributed by atoms with Crippen LogP contribution in [0.5, 0.6) is 0 Å². The topological polar surface area (TPSA) is 4.93 Å². The van der Waals surface area contributed by atoms with E-state index in [4.69, 9.17) is 0 Å². The number of rotatable bonds is 2. The molecule has 0 atom stereocenters. The Morgan fingerprint density at radius 1 is 0.512 bits per heavy atom. The summed E-state index contributed by atoms with van der Waals surface area (Å²) in [6.07, 6.45) is 0. The molecule has 0 aliphatic heterocycles. The van der Waals surface area contributed by atoms with Crippen molar-refractivity contribution in [1.82, 2.24) is 4.57 Å². The molecular weight excluding hydrogens is 515 g/mol. The Morgan fingerprint density at radius 2 is 1.24 bits per heavy atom. The normalized spacial score (nSPS) is 13.8. The van der Waals surface area contributed by atoms with Gasteiger partial charge in [0.05, 0.1) is 11.0 Å². The van der Waals surface area contributed by atoms with Gasteiger partial charge in [0.2, 0.25) is 0 Å². The Hall–Kier alpha value is -4.66. The number of aromatic nitrogens is 1. The first-order chi connectivity index (χ1) is 20.1. The van der Waals surface area contributed by atoms with Crippen LogP contribution in [0.25, 0.3) is 69.9 Å². The van der Waals surface area contributed by atoms with Crippen molar-refractivity contribution >= 4 is 53.3 Å². The lowest BCUT2D eigenvalue weighted by atomic mass is 9.82. The highest BCUT2D eigenvalue weighted by atomic mass is 32.1. The predicted molar refractivity (Wildman–Crippen MR) is 177 cm³/mol. The van der Waals surface area contributed by atoms with Crippen LogP contribution in [-0.2, 0) is 5.41 Å². The van der Waals surface area contributed by atoms with E-state index < -0.39 is 0 Å². The minimum atomic E-state index is -0.0515. The Labute approximate surface area is 242 Å². The first-order valence-electron chi connectivity index (χ1n) is 14.3. The van der Waals surface area contributed by atoms with E-state index in [1.54, 1.807) is 0 Å². The van der Waals surface area contributed by atoms with E-state index in [0.717, 1.165) is 0 Å². The summed E-state index contributed by atoms with van der Waals surface area (Å²) in [5.74, 6) is 0. The van der Waals surface area contributed by atoms with E-state index >= 15 is 0 Å². The van der Waals surface area contributed by atoms with Crippen LogP contribution in [0.2, 0.25) is 0 Å². The van der Waals surface area contributed by atoms with Crippen molar-refractivity contribution in [2.75, 3.05) is 0 Å². The van der Waals surface area contributed by atoms with Gasteiger partial charge in [-0.05, 0) is 64.2 Å². The van der Waals surface area contributed by atoms with Gasteiger partial charge >= 0.3 is 0 Å². The number of hydrogen-bond donors (Lipinski definition) is 0. The van der Waals surface area contributed by atoms with Gasteiger partial charge in [-0.3, -0.25) is 0 Å². The maximum absolute atomic E-state index is 2.50. The van der Waals surface area contributed by atoms with E-state index in [-0.39, 0.29) is 5.41 Å². The highest BCUT2D eigenvalue weighted by molar-refractivity contribution is 7.26. The molecular formula is C39H27NS. The summed E-state index contributed by atoms with van der Waals surface area (Å²) >= 11 is 1.90. The van der Waals surface area contributed by atoms with Gasteiger partial charge in [0.1, 0.15) is 0 Å². The van der Waals surface area contributed by atoms with Crippen LogP contribution in [0.4, 0.5) is 0 Å². The molecule has 41 heavy (non-hydrogen) atoms. The zero-order valence-electron chi connectivity index (χ0n) is 23.0. The Balaban J connectivity index is 1.42. The predicted octanol–water partition coefficient (Wildman–Crippen LogP) is 11.1. The molecule has 9 rings (SSSR count). The molecule has 0 unspecified atom stereocenters. The summed E-state index contributed by atoms with van der Waals surface area (Å²) in [5.41, 5.74) is 11.8. The van der Waals surface area contributed by atoms with Gasteiger partial charge in [-0.25, -0.2) is 0 Å². The molecule has 2 heterocycles. The van der Waals surface area contributed by atoms with Crippen molar-refractivity contribution in [3.63, 3.8) is 0 Å². The number of benzene rings is 6. The van der Waals surface area contributed by atoms with Crippen LogP contribution in [-0.4, -0.2) is 4.57 Å². The molecule has 194 valence electrons. The van der Waals surface area contributed by atoms with Crippen molar-refractivity contribution in [2.24, 2.45) is 0 Å². The maximum atomic E-state index is 2.50. The van der Waals surface area contributed by atoms with Gasteiger partial charge in [0.15, 0.2) is 0 Å². The van der Waals surface area contributed by atoms with Crippen LogP contribution in [0.1, 0.15) is 25.0 Å². The average Bonchev–Trinajstić information content (AvgIpc) is 3.62. The van der Waals surface area contributed by atoms with Gasteiger partial charge in [-0.1, -0.05) is 105 Å². The summed E-state index contributed by atoms with van der Waals surface area (Å²) in [7, 11) is 0. The highest BCUT2D eigenvalue weighted by Gasteiger charge is 2.36. The Morgan fingerprint density at radius 3 is 2.12 bits per heavy atom. The smallest absolute Gasteiger partial charge is 0.0544 e. The van der Waals surface area contributed by atoms with Crippen LogP contribution >= 0.6 is 11.3 Å². The molecule has 0 bridgehead atoms. The second kappa shape index (κ2) is 8.19. The third-order valence-corrected chi connectivity index (χ3v) is 10.4. The van der Waals surface area contributed by atoms with Crippen molar-refractivity contribution in [3.8, 4) is 27.9 Å². The number of nitrogens with zero attached hydrogens (tertiary/aromatic N) is 1. The maximum Gasteiger partial charge on any atom is 0.0544 e. The molecule has 1 nitrogen and oxygen atoms in total. The van der Waals surface area contributed by atoms with Crippen LogP contribution in [0.15, 0.2) is 127 Å². The second-order valence-electron chi connectivity index (χ2n) is 11.8. The highest BCUT2D eigenvalue weighted by Crippen LogP contribution is 2.51.